The van der Waals surface area contributed by atoms with Gasteiger partial charge in [0, 0.05) is 13.1 Å². The normalized spacial score (nSPS) is 21.1. The van der Waals surface area contributed by atoms with Crippen LogP contribution in [0.5, 0.6) is 0 Å². The van der Waals surface area contributed by atoms with Gasteiger partial charge in [0.05, 0.1) is 6.42 Å². The Morgan fingerprint density at radius 2 is 2.36 bits per heavy atom. The summed E-state index contributed by atoms with van der Waals surface area (Å²) >= 11 is 0. The molecule has 0 atom stereocenters. The Labute approximate surface area is 84.5 Å². The van der Waals surface area contributed by atoms with E-state index in [0.29, 0.717) is 11.8 Å². The fourth-order valence-electron chi connectivity index (χ4n) is 1.78. The third kappa shape index (κ3) is 3.61. The summed E-state index contributed by atoms with van der Waals surface area (Å²) in [5.74, 6) is 4.54. The SMILES string of the molecule is CC1(C)CCN(CCC(=O)ONN)C1. The van der Waals surface area contributed by atoms with Gasteiger partial charge in [0.2, 0.25) is 0 Å². The van der Waals surface area contributed by atoms with Crippen molar-refractivity contribution in [1.29, 1.82) is 0 Å². The summed E-state index contributed by atoms with van der Waals surface area (Å²) in [6.07, 6.45) is 1.58. The maximum absolute atomic E-state index is 11.0. The third-order valence-electron chi connectivity index (χ3n) is 2.56. The molecule has 0 spiro atoms. The van der Waals surface area contributed by atoms with Gasteiger partial charge in [0.15, 0.2) is 0 Å². The maximum atomic E-state index is 11.0. The van der Waals surface area contributed by atoms with Gasteiger partial charge >= 0.3 is 5.97 Å². The lowest BCUT2D eigenvalue weighted by atomic mass is 9.93. The molecular weight excluding hydrogens is 182 g/mol. The summed E-state index contributed by atoms with van der Waals surface area (Å²) < 4.78 is 0. The van der Waals surface area contributed by atoms with E-state index in [4.69, 9.17) is 5.84 Å². The van der Waals surface area contributed by atoms with E-state index in [2.05, 4.69) is 23.6 Å². The first-order valence-corrected chi connectivity index (χ1v) is 4.91. The first-order chi connectivity index (χ1) is 6.53. The summed E-state index contributed by atoms with van der Waals surface area (Å²) in [6.45, 7) is 7.36. The molecule has 5 nitrogen and oxygen atoms in total. The van der Waals surface area contributed by atoms with Gasteiger partial charge < -0.3 is 9.74 Å². The number of nitrogens with one attached hydrogen (secondary N) is 1. The molecule has 5 heteroatoms. The summed E-state index contributed by atoms with van der Waals surface area (Å²) in [7, 11) is 0. The van der Waals surface area contributed by atoms with E-state index in [1.165, 1.54) is 6.42 Å². The lowest BCUT2D eigenvalue weighted by Crippen LogP contribution is -2.30. The van der Waals surface area contributed by atoms with E-state index < -0.39 is 0 Å². The topological polar surface area (TPSA) is 67.6 Å². The Bertz CT molecular complexity index is 206. The summed E-state index contributed by atoms with van der Waals surface area (Å²) in [5, 5.41) is 0. The van der Waals surface area contributed by atoms with E-state index >= 15 is 0 Å². The van der Waals surface area contributed by atoms with Gasteiger partial charge in [-0.2, -0.15) is 0 Å². The van der Waals surface area contributed by atoms with Crippen molar-refractivity contribution in [2.45, 2.75) is 26.7 Å². The lowest BCUT2D eigenvalue weighted by molar-refractivity contribution is -0.151. The number of carbonyl (C=O) groups is 1. The molecule has 3 N–H and O–H groups in total. The zero-order chi connectivity index (χ0) is 10.6. The molecule has 0 aromatic heterocycles. The third-order valence-corrected chi connectivity index (χ3v) is 2.56. The molecule has 1 aliphatic rings. The number of hydrazine groups is 1. The van der Waals surface area contributed by atoms with Crippen molar-refractivity contribution in [3.8, 4) is 0 Å². The van der Waals surface area contributed by atoms with Gasteiger partial charge in [-0.25, -0.2) is 5.84 Å². The average molecular weight is 201 g/mol. The second-order valence-electron chi connectivity index (χ2n) is 4.53. The smallest absolute Gasteiger partial charge is 0.327 e. The number of carbonyl (C=O) groups excluding carboxylic acids is 1. The molecule has 0 unspecified atom stereocenters. The van der Waals surface area contributed by atoms with Crippen LogP contribution in [-0.2, 0) is 9.63 Å². The first-order valence-electron chi connectivity index (χ1n) is 4.91. The molecular formula is C9H19N3O2. The van der Waals surface area contributed by atoms with Crippen LogP contribution in [0.25, 0.3) is 0 Å². The fraction of sp³-hybridized carbons (Fsp3) is 0.889. The molecule has 1 saturated heterocycles. The van der Waals surface area contributed by atoms with Gasteiger partial charge in [-0.15, -0.1) is 0 Å². The number of likely N-dealkylation sites (tertiary alicyclic amines) is 1. The highest BCUT2D eigenvalue weighted by molar-refractivity contribution is 5.69. The molecule has 14 heavy (non-hydrogen) atoms. The van der Waals surface area contributed by atoms with Crippen molar-refractivity contribution in [3.05, 3.63) is 0 Å². The Hall–Kier alpha value is -0.650. The summed E-state index contributed by atoms with van der Waals surface area (Å²) in [6, 6.07) is 0. The van der Waals surface area contributed by atoms with Gasteiger partial charge in [-0.3, -0.25) is 4.79 Å². The van der Waals surface area contributed by atoms with Gasteiger partial charge in [0.25, 0.3) is 0 Å². The van der Waals surface area contributed by atoms with E-state index in [9.17, 15) is 4.79 Å². The zero-order valence-electron chi connectivity index (χ0n) is 8.88. The number of hydrogen-bond acceptors (Lipinski definition) is 5. The highest BCUT2D eigenvalue weighted by Crippen LogP contribution is 2.28. The second kappa shape index (κ2) is 4.72. The minimum Gasteiger partial charge on any atom is -0.356 e. The van der Waals surface area contributed by atoms with Gasteiger partial charge in [-0.1, -0.05) is 19.4 Å². The molecule has 1 aliphatic heterocycles. The highest BCUT2D eigenvalue weighted by atomic mass is 16.7. The predicted octanol–water partition coefficient (Wildman–Crippen LogP) is 0.0299. The molecule has 0 aromatic rings. The summed E-state index contributed by atoms with van der Waals surface area (Å²) in [5.41, 5.74) is 2.28. The standard InChI is InChI=1S/C9H19N3O2/c1-9(2)4-6-12(7-9)5-3-8(13)14-11-10/h11H,3-7,10H2,1-2H3. The molecule has 0 saturated carbocycles. The van der Waals surface area contributed by atoms with E-state index in [-0.39, 0.29) is 5.97 Å². The van der Waals surface area contributed by atoms with Crippen LogP contribution in [0.15, 0.2) is 0 Å². The molecule has 1 rings (SSSR count). The number of nitrogens with two attached hydrogens (primary N) is 1. The average Bonchev–Trinajstić information content (AvgIpc) is 2.43. The van der Waals surface area contributed by atoms with E-state index in [1.807, 2.05) is 5.59 Å². The molecule has 82 valence electrons. The number of rotatable bonds is 4. The van der Waals surface area contributed by atoms with Gasteiger partial charge in [0.1, 0.15) is 0 Å². The molecule has 0 bridgehead atoms. The van der Waals surface area contributed by atoms with Crippen LogP contribution < -0.4 is 11.4 Å². The van der Waals surface area contributed by atoms with Gasteiger partial charge in [-0.05, 0) is 18.4 Å². The van der Waals surface area contributed by atoms with Crippen LogP contribution in [0.3, 0.4) is 0 Å². The number of nitrogens with zero attached hydrogens (tertiary/aromatic N) is 1. The zero-order valence-corrected chi connectivity index (χ0v) is 8.88. The van der Waals surface area contributed by atoms with E-state index in [0.717, 1.165) is 19.6 Å². The van der Waals surface area contributed by atoms with Crippen LogP contribution >= 0.6 is 0 Å². The minimum absolute atomic E-state index is 0.308. The van der Waals surface area contributed by atoms with Crippen molar-refractivity contribution in [1.82, 2.24) is 10.5 Å². The number of hydrogen-bond donors (Lipinski definition) is 2. The Balaban J connectivity index is 2.17. The second-order valence-corrected chi connectivity index (χ2v) is 4.53. The van der Waals surface area contributed by atoms with Crippen molar-refractivity contribution in [3.63, 3.8) is 0 Å². The predicted molar refractivity (Wildman–Crippen MR) is 52.9 cm³/mol. The fourth-order valence-corrected chi connectivity index (χ4v) is 1.78. The lowest BCUT2D eigenvalue weighted by Gasteiger charge is -2.18. The largest absolute Gasteiger partial charge is 0.356 e. The van der Waals surface area contributed by atoms with E-state index in [1.54, 1.807) is 0 Å². The van der Waals surface area contributed by atoms with Crippen molar-refractivity contribution in [2.75, 3.05) is 19.6 Å². The monoisotopic (exact) mass is 201 g/mol. The van der Waals surface area contributed by atoms with Crippen molar-refractivity contribution in [2.24, 2.45) is 11.3 Å². The first kappa shape index (κ1) is 11.4. The molecule has 0 aliphatic carbocycles. The minimum atomic E-state index is -0.308. The van der Waals surface area contributed by atoms with Crippen LogP contribution in [0.2, 0.25) is 0 Å². The van der Waals surface area contributed by atoms with Crippen LogP contribution in [0.1, 0.15) is 26.7 Å². The van der Waals surface area contributed by atoms with Crippen LogP contribution in [0, 0.1) is 5.41 Å². The molecule has 1 fully saturated rings. The quantitative estimate of drug-likeness (QED) is 0.496. The molecule has 1 heterocycles. The van der Waals surface area contributed by atoms with Crippen LogP contribution in [0.4, 0.5) is 0 Å². The Morgan fingerprint density at radius 1 is 1.64 bits per heavy atom. The highest BCUT2D eigenvalue weighted by Gasteiger charge is 2.28. The Morgan fingerprint density at radius 3 is 2.86 bits per heavy atom. The molecule has 0 amide bonds. The van der Waals surface area contributed by atoms with Crippen molar-refractivity contribution >= 4 is 5.97 Å². The van der Waals surface area contributed by atoms with Crippen LogP contribution in [-0.4, -0.2) is 30.5 Å². The maximum Gasteiger partial charge on any atom is 0.327 e. The molecule has 0 radical (unpaired) electrons. The van der Waals surface area contributed by atoms with Crippen molar-refractivity contribution < 1.29 is 9.63 Å². The molecule has 0 aromatic carbocycles. The Kier molecular flexibility index (Phi) is 3.86. The summed E-state index contributed by atoms with van der Waals surface area (Å²) in [4.78, 5) is 17.7.